The third-order valence-electron chi connectivity index (χ3n) is 2.94. The highest BCUT2D eigenvalue weighted by Gasteiger charge is 2.14. The number of hydrogen-bond acceptors (Lipinski definition) is 4. The predicted molar refractivity (Wildman–Crippen MR) is 66.9 cm³/mol. The first-order valence-electron chi connectivity index (χ1n) is 6.81. The summed E-state index contributed by atoms with van der Waals surface area (Å²) >= 11 is 0. The van der Waals surface area contributed by atoms with Gasteiger partial charge in [-0.05, 0) is 52.1 Å². The van der Waals surface area contributed by atoms with Crippen LogP contribution in [0.25, 0.3) is 0 Å². The molecule has 1 atom stereocenters. The normalized spacial score (nSPS) is 19.5. The van der Waals surface area contributed by atoms with Gasteiger partial charge in [0.15, 0.2) is 0 Å². The fourth-order valence-corrected chi connectivity index (χ4v) is 2.04. The molecule has 100 valence electrons. The van der Waals surface area contributed by atoms with Gasteiger partial charge in [0.05, 0.1) is 12.7 Å². The maximum atomic E-state index is 11.0. The summed E-state index contributed by atoms with van der Waals surface area (Å²) in [5.74, 6) is -0.0892. The molecule has 0 aliphatic carbocycles. The van der Waals surface area contributed by atoms with Crippen LogP contribution in [0.4, 0.5) is 0 Å². The third kappa shape index (κ3) is 7.34. The lowest BCUT2D eigenvalue weighted by molar-refractivity contribution is -0.143. The summed E-state index contributed by atoms with van der Waals surface area (Å²) in [6.07, 6.45) is 6.64. The number of esters is 1. The largest absolute Gasteiger partial charge is 0.466 e. The summed E-state index contributed by atoms with van der Waals surface area (Å²) in [5.41, 5.74) is 0. The Morgan fingerprint density at radius 1 is 1.41 bits per heavy atom. The first-order valence-corrected chi connectivity index (χ1v) is 6.81. The molecular weight excluding hydrogens is 218 g/mol. The molecule has 1 fully saturated rings. The van der Waals surface area contributed by atoms with Gasteiger partial charge in [0, 0.05) is 13.0 Å². The minimum Gasteiger partial charge on any atom is -0.466 e. The second-order valence-electron chi connectivity index (χ2n) is 4.44. The van der Waals surface area contributed by atoms with Gasteiger partial charge in [0.2, 0.25) is 0 Å². The predicted octanol–water partition coefficient (Wildman–Crippen LogP) is 1.88. The van der Waals surface area contributed by atoms with E-state index in [1.54, 1.807) is 0 Å². The second kappa shape index (κ2) is 9.42. The number of nitrogens with one attached hydrogen (secondary N) is 1. The lowest BCUT2D eigenvalue weighted by Crippen LogP contribution is -2.19. The molecule has 0 amide bonds. The van der Waals surface area contributed by atoms with Gasteiger partial charge in [0.25, 0.3) is 0 Å². The van der Waals surface area contributed by atoms with Crippen LogP contribution in [0.1, 0.15) is 45.4 Å². The van der Waals surface area contributed by atoms with Crippen molar-refractivity contribution in [1.82, 2.24) is 5.32 Å². The van der Waals surface area contributed by atoms with E-state index in [4.69, 9.17) is 9.47 Å². The Labute approximate surface area is 104 Å². The molecule has 1 rings (SSSR count). The number of carbonyl (C=O) groups excluding carboxylic acids is 1. The van der Waals surface area contributed by atoms with Crippen molar-refractivity contribution in [2.75, 3.05) is 26.3 Å². The van der Waals surface area contributed by atoms with Crippen LogP contribution >= 0.6 is 0 Å². The zero-order valence-electron chi connectivity index (χ0n) is 10.9. The van der Waals surface area contributed by atoms with Crippen LogP contribution in [0.3, 0.4) is 0 Å². The molecular formula is C13H25NO3. The van der Waals surface area contributed by atoms with Crippen LogP contribution in [0.15, 0.2) is 0 Å². The fourth-order valence-electron chi connectivity index (χ4n) is 2.04. The van der Waals surface area contributed by atoms with Crippen LogP contribution < -0.4 is 5.32 Å². The Bertz CT molecular complexity index is 203. The van der Waals surface area contributed by atoms with Crippen molar-refractivity contribution in [3.05, 3.63) is 0 Å². The molecule has 0 bridgehead atoms. The van der Waals surface area contributed by atoms with Gasteiger partial charge < -0.3 is 14.8 Å². The maximum Gasteiger partial charge on any atom is 0.305 e. The summed E-state index contributed by atoms with van der Waals surface area (Å²) in [5, 5.41) is 3.34. The van der Waals surface area contributed by atoms with E-state index in [2.05, 4.69) is 5.32 Å². The summed E-state index contributed by atoms with van der Waals surface area (Å²) in [4.78, 5) is 11.0. The summed E-state index contributed by atoms with van der Waals surface area (Å²) in [7, 11) is 0. The summed E-state index contributed by atoms with van der Waals surface area (Å²) < 4.78 is 10.4. The molecule has 0 aromatic carbocycles. The van der Waals surface area contributed by atoms with Crippen molar-refractivity contribution < 1.29 is 14.3 Å². The van der Waals surface area contributed by atoms with Crippen LogP contribution in [0.2, 0.25) is 0 Å². The summed E-state index contributed by atoms with van der Waals surface area (Å²) in [6, 6.07) is 0. The Kier molecular flexibility index (Phi) is 8.01. The molecule has 1 heterocycles. The van der Waals surface area contributed by atoms with Crippen molar-refractivity contribution in [2.45, 2.75) is 51.6 Å². The van der Waals surface area contributed by atoms with Gasteiger partial charge in [-0.2, -0.15) is 0 Å². The molecule has 1 unspecified atom stereocenters. The maximum absolute atomic E-state index is 11.0. The fraction of sp³-hybridized carbons (Fsp3) is 0.923. The monoisotopic (exact) mass is 243 g/mol. The van der Waals surface area contributed by atoms with E-state index in [1.165, 1.54) is 12.8 Å². The van der Waals surface area contributed by atoms with E-state index in [1.807, 2.05) is 6.92 Å². The highest BCUT2D eigenvalue weighted by atomic mass is 16.5. The first kappa shape index (κ1) is 14.5. The molecule has 4 nitrogen and oxygen atoms in total. The molecule has 0 saturated carbocycles. The number of carbonyl (C=O) groups is 1. The van der Waals surface area contributed by atoms with Crippen LogP contribution in [0.5, 0.6) is 0 Å². The number of ether oxygens (including phenoxy) is 2. The van der Waals surface area contributed by atoms with Gasteiger partial charge in [-0.3, -0.25) is 4.79 Å². The van der Waals surface area contributed by atoms with Gasteiger partial charge in [-0.1, -0.05) is 0 Å². The van der Waals surface area contributed by atoms with E-state index in [-0.39, 0.29) is 5.97 Å². The Morgan fingerprint density at radius 3 is 2.94 bits per heavy atom. The van der Waals surface area contributed by atoms with E-state index in [0.29, 0.717) is 19.1 Å². The van der Waals surface area contributed by atoms with E-state index in [9.17, 15) is 4.79 Å². The molecule has 4 heteroatoms. The molecule has 0 spiro atoms. The van der Waals surface area contributed by atoms with E-state index < -0.39 is 0 Å². The van der Waals surface area contributed by atoms with Crippen molar-refractivity contribution in [2.24, 2.45) is 0 Å². The molecule has 0 aromatic heterocycles. The third-order valence-corrected chi connectivity index (χ3v) is 2.94. The van der Waals surface area contributed by atoms with Crippen LogP contribution in [-0.4, -0.2) is 38.4 Å². The first-order chi connectivity index (χ1) is 8.33. The topological polar surface area (TPSA) is 47.6 Å². The minimum atomic E-state index is -0.0892. The lowest BCUT2D eigenvalue weighted by Gasteiger charge is -2.09. The van der Waals surface area contributed by atoms with Crippen molar-refractivity contribution in [1.29, 1.82) is 0 Å². The molecule has 1 saturated heterocycles. The Morgan fingerprint density at radius 2 is 2.24 bits per heavy atom. The second-order valence-corrected chi connectivity index (χ2v) is 4.44. The molecule has 0 radical (unpaired) electrons. The number of hydrogen-bond donors (Lipinski definition) is 1. The van der Waals surface area contributed by atoms with Gasteiger partial charge in [-0.15, -0.1) is 0 Å². The smallest absolute Gasteiger partial charge is 0.305 e. The van der Waals surface area contributed by atoms with Crippen LogP contribution in [0, 0.1) is 0 Å². The van der Waals surface area contributed by atoms with Gasteiger partial charge in [0.1, 0.15) is 0 Å². The SMILES string of the molecule is CCOC(=O)CCCNCCCC1CCCO1. The van der Waals surface area contributed by atoms with Crippen molar-refractivity contribution in [3.63, 3.8) is 0 Å². The molecule has 0 aromatic rings. The molecule has 17 heavy (non-hydrogen) atoms. The average Bonchev–Trinajstić information content (AvgIpc) is 2.81. The highest BCUT2D eigenvalue weighted by molar-refractivity contribution is 5.69. The zero-order valence-corrected chi connectivity index (χ0v) is 10.9. The standard InChI is InChI=1S/C13H25NO3/c1-2-16-13(15)8-4-10-14-9-3-6-12-7-5-11-17-12/h12,14H,2-11H2,1H3. The summed E-state index contributed by atoms with van der Waals surface area (Å²) in [6.45, 7) is 5.17. The van der Waals surface area contributed by atoms with Crippen LogP contribution in [-0.2, 0) is 14.3 Å². The van der Waals surface area contributed by atoms with E-state index in [0.717, 1.165) is 39.0 Å². The lowest BCUT2D eigenvalue weighted by atomic mass is 10.1. The minimum absolute atomic E-state index is 0.0892. The number of rotatable bonds is 9. The highest BCUT2D eigenvalue weighted by Crippen LogP contribution is 2.16. The van der Waals surface area contributed by atoms with Gasteiger partial charge in [-0.25, -0.2) is 0 Å². The van der Waals surface area contributed by atoms with E-state index >= 15 is 0 Å². The van der Waals surface area contributed by atoms with Crippen molar-refractivity contribution in [3.8, 4) is 0 Å². The zero-order chi connectivity index (χ0) is 12.3. The Balaban J connectivity index is 1.79. The molecule has 1 aliphatic rings. The molecule has 1 aliphatic heterocycles. The van der Waals surface area contributed by atoms with Crippen molar-refractivity contribution >= 4 is 5.97 Å². The molecule has 1 N–H and O–H groups in total. The van der Waals surface area contributed by atoms with Gasteiger partial charge >= 0.3 is 5.97 Å². The Hall–Kier alpha value is -0.610. The quantitative estimate of drug-likeness (QED) is 0.496. The average molecular weight is 243 g/mol.